The van der Waals surface area contributed by atoms with E-state index >= 15 is 0 Å². The van der Waals surface area contributed by atoms with E-state index in [-0.39, 0.29) is 12.2 Å². The summed E-state index contributed by atoms with van der Waals surface area (Å²) in [5.41, 5.74) is 3.04. The average molecular weight is 704 g/mol. The molecule has 4 aromatic carbocycles. The molecule has 0 bridgehead atoms. The number of methoxy groups -OCH3 is 1. The molecule has 5 aromatic rings. The van der Waals surface area contributed by atoms with Crippen molar-refractivity contribution in [1.82, 2.24) is 4.57 Å². The van der Waals surface area contributed by atoms with Gasteiger partial charge in [-0.1, -0.05) is 77.5 Å². The summed E-state index contributed by atoms with van der Waals surface area (Å²) in [5.74, 6) is 0.561. The van der Waals surface area contributed by atoms with E-state index in [1.807, 2.05) is 36.4 Å². The molecule has 7 nitrogen and oxygen atoms in total. The van der Waals surface area contributed by atoms with Crippen molar-refractivity contribution in [3.63, 3.8) is 0 Å². The highest BCUT2D eigenvalue weighted by molar-refractivity contribution is 9.10. The fourth-order valence-corrected chi connectivity index (χ4v) is 7.18. The van der Waals surface area contributed by atoms with Gasteiger partial charge in [-0.3, -0.25) is 9.36 Å². The molecule has 0 radical (unpaired) electrons. The number of carbonyl (C=O) groups excluding carboxylic acids is 1. The number of ether oxygens (including phenoxy) is 3. The molecule has 1 aliphatic rings. The Balaban J connectivity index is 1.39. The molecule has 0 aliphatic carbocycles. The van der Waals surface area contributed by atoms with Crippen molar-refractivity contribution < 1.29 is 19.0 Å². The molecule has 0 unspecified atom stereocenters. The minimum atomic E-state index is -0.717. The number of halogens is 2. The summed E-state index contributed by atoms with van der Waals surface area (Å²) in [4.78, 5) is 32.2. The molecule has 45 heavy (non-hydrogen) atoms. The Hall–Kier alpha value is -4.18. The minimum Gasteiger partial charge on any atom is -0.493 e. The summed E-state index contributed by atoms with van der Waals surface area (Å²) in [5, 5.41) is 2.82. The van der Waals surface area contributed by atoms with Gasteiger partial charge in [0.1, 0.15) is 6.61 Å². The third kappa shape index (κ3) is 6.08. The van der Waals surface area contributed by atoms with Gasteiger partial charge in [-0.2, -0.15) is 0 Å². The predicted octanol–water partition coefficient (Wildman–Crippen LogP) is 6.96. The van der Waals surface area contributed by atoms with Crippen LogP contribution in [-0.4, -0.2) is 24.3 Å². The van der Waals surface area contributed by atoms with Gasteiger partial charge < -0.3 is 14.2 Å². The number of esters is 1. The molecule has 1 atom stereocenters. The van der Waals surface area contributed by atoms with Gasteiger partial charge in [0.05, 0.1) is 40.0 Å². The van der Waals surface area contributed by atoms with Crippen LogP contribution in [0.5, 0.6) is 11.5 Å². The van der Waals surface area contributed by atoms with Gasteiger partial charge in [0.25, 0.3) is 5.56 Å². The number of fused-ring (bicyclic) bond motifs is 2. The molecular formula is C35H28BrClN2O5S. The van der Waals surface area contributed by atoms with Crippen molar-refractivity contribution in [2.45, 2.75) is 26.5 Å². The van der Waals surface area contributed by atoms with Crippen LogP contribution in [-0.2, 0) is 16.1 Å². The van der Waals surface area contributed by atoms with Gasteiger partial charge in [0.15, 0.2) is 16.3 Å². The summed E-state index contributed by atoms with van der Waals surface area (Å²) < 4.78 is 20.0. The van der Waals surface area contributed by atoms with Crippen molar-refractivity contribution in [3.05, 3.63) is 136 Å². The van der Waals surface area contributed by atoms with E-state index < -0.39 is 12.0 Å². The second-order valence-corrected chi connectivity index (χ2v) is 12.6. The lowest BCUT2D eigenvalue weighted by Crippen LogP contribution is -2.39. The van der Waals surface area contributed by atoms with Gasteiger partial charge in [-0.25, -0.2) is 9.79 Å². The van der Waals surface area contributed by atoms with Crippen LogP contribution in [0.2, 0.25) is 5.02 Å². The fourth-order valence-electron chi connectivity index (χ4n) is 5.43. The largest absolute Gasteiger partial charge is 0.493 e. The highest BCUT2D eigenvalue weighted by Gasteiger charge is 2.33. The molecule has 10 heteroatoms. The smallest absolute Gasteiger partial charge is 0.338 e. The van der Waals surface area contributed by atoms with Crippen molar-refractivity contribution in [1.29, 1.82) is 0 Å². The van der Waals surface area contributed by atoms with Gasteiger partial charge >= 0.3 is 5.97 Å². The third-order valence-electron chi connectivity index (χ3n) is 7.50. The number of hydrogen-bond acceptors (Lipinski definition) is 7. The van der Waals surface area contributed by atoms with Crippen molar-refractivity contribution >= 4 is 61.7 Å². The van der Waals surface area contributed by atoms with Crippen LogP contribution in [0.15, 0.2) is 104 Å². The van der Waals surface area contributed by atoms with Crippen LogP contribution in [0.3, 0.4) is 0 Å². The zero-order valence-corrected chi connectivity index (χ0v) is 27.8. The van der Waals surface area contributed by atoms with E-state index in [0.29, 0.717) is 48.2 Å². The first-order chi connectivity index (χ1) is 21.8. The summed E-state index contributed by atoms with van der Waals surface area (Å²) in [6.07, 6.45) is 1.79. The van der Waals surface area contributed by atoms with E-state index in [0.717, 1.165) is 27.5 Å². The molecule has 0 saturated heterocycles. The maximum absolute atomic E-state index is 14.0. The standard InChI is InChI=1S/C35H28BrClN2O5S/c1-4-43-34(41)30-20(2)38-35-39(31(30)23-12-14-25(37)15-13-23)33(40)29(45-35)18-21-16-27(36)32(28(17-21)42-3)44-19-24-10-7-9-22-8-5-6-11-26(22)24/h5-18,31H,4,19H2,1-3H3/b29-18-/t31-/m1/s1. The van der Waals surface area contributed by atoms with Gasteiger partial charge in [0.2, 0.25) is 0 Å². The monoisotopic (exact) mass is 702 g/mol. The molecular weight excluding hydrogens is 676 g/mol. The molecule has 0 fully saturated rings. The molecule has 6 rings (SSSR count). The van der Waals surface area contributed by atoms with Crippen LogP contribution in [0, 0.1) is 0 Å². The summed E-state index contributed by atoms with van der Waals surface area (Å²) in [6.45, 7) is 4.05. The lowest BCUT2D eigenvalue weighted by molar-refractivity contribution is -0.139. The van der Waals surface area contributed by atoms with Crippen LogP contribution in [0.1, 0.15) is 36.6 Å². The summed E-state index contributed by atoms with van der Waals surface area (Å²) in [7, 11) is 1.58. The third-order valence-corrected chi connectivity index (χ3v) is 9.33. The van der Waals surface area contributed by atoms with E-state index in [9.17, 15) is 9.59 Å². The zero-order valence-electron chi connectivity index (χ0n) is 24.7. The molecule has 0 amide bonds. The number of aromatic nitrogens is 1. The Labute approximate surface area is 276 Å². The van der Waals surface area contributed by atoms with Gasteiger partial charge in [0, 0.05) is 5.02 Å². The highest BCUT2D eigenvalue weighted by atomic mass is 79.9. The lowest BCUT2D eigenvalue weighted by Gasteiger charge is -2.24. The lowest BCUT2D eigenvalue weighted by atomic mass is 9.96. The predicted molar refractivity (Wildman–Crippen MR) is 181 cm³/mol. The van der Waals surface area contributed by atoms with Gasteiger partial charge in [-0.05, 0) is 87.6 Å². The van der Waals surface area contributed by atoms with Gasteiger partial charge in [-0.15, -0.1) is 0 Å². The average Bonchev–Trinajstić information content (AvgIpc) is 3.33. The number of thiazole rings is 1. The number of hydrogen-bond donors (Lipinski definition) is 0. The Kier molecular flexibility index (Phi) is 8.94. The molecule has 0 N–H and O–H groups in total. The second-order valence-electron chi connectivity index (χ2n) is 10.3. The number of benzene rings is 4. The normalized spacial score (nSPS) is 14.7. The van der Waals surface area contributed by atoms with E-state index in [1.165, 1.54) is 11.3 Å². The summed E-state index contributed by atoms with van der Waals surface area (Å²) in [6, 6.07) is 24.4. The Morgan fingerprint density at radius 2 is 1.84 bits per heavy atom. The number of carbonyl (C=O) groups is 1. The topological polar surface area (TPSA) is 79.1 Å². The van der Waals surface area contributed by atoms with Crippen molar-refractivity contribution in [2.24, 2.45) is 4.99 Å². The second kappa shape index (κ2) is 13.0. The zero-order chi connectivity index (χ0) is 31.7. The van der Waals surface area contributed by atoms with Crippen LogP contribution in [0.25, 0.3) is 16.8 Å². The maximum Gasteiger partial charge on any atom is 0.338 e. The van der Waals surface area contributed by atoms with Crippen LogP contribution >= 0.6 is 38.9 Å². The van der Waals surface area contributed by atoms with Crippen LogP contribution < -0.4 is 24.4 Å². The fraction of sp³-hybridized carbons (Fsp3) is 0.171. The number of allylic oxidation sites excluding steroid dienone is 1. The van der Waals surface area contributed by atoms with E-state index in [2.05, 4.69) is 39.1 Å². The number of nitrogens with zero attached hydrogens (tertiary/aromatic N) is 2. The molecule has 0 spiro atoms. The Morgan fingerprint density at radius 3 is 2.60 bits per heavy atom. The minimum absolute atomic E-state index is 0.200. The molecule has 1 aliphatic heterocycles. The van der Waals surface area contributed by atoms with Crippen molar-refractivity contribution in [2.75, 3.05) is 13.7 Å². The molecule has 0 saturated carbocycles. The van der Waals surface area contributed by atoms with E-state index in [1.54, 1.807) is 55.9 Å². The maximum atomic E-state index is 14.0. The summed E-state index contributed by atoms with van der Waals surface area (Å²) >= 11 is 11.1. The SMILES string of the molecule is CCOC(=O)C1=C(C)N=c2s/c(=C\c3cc(Br)c(OCc4cccc5ccccc45)c(OC)c3)c(=O)n2[C@@H]1c1ccc(Cl)cc1. The number of rotatable bonds is 8. The first kappa shape index (κ1) is 30.8. The first-order valence-corrected chi connectivity index (χ1v) is 16.2. The van der Waals surface area contributed by atoms with Crippen molar-refractivity contribution in [3.8, 4) is 11.5 Å². The Morgan fingerprint density at radius 1 is 1.09 bits per heavy atom. The first-order valence-electron chi connectivity index (χ1n) is 14.2. The van der Waals surface area contributed by atoms with E-state index in [4.69, 9.17) is 25.8 Å². The van der Waals surface area contributed by atoms with Crippen LogP contribution in [0.4, 0.5) is 0 Å². The highest BCUT2D eigenvalue weighted by Crippen LogP contribution is 2.38. The Bertz CT molecular complexity index is 2150. The molecule has 2 heterocycles. The molecule has 1 aromatic heterocycles. The quantitative estimate of drug-likeness (QED) is 0.164. The molecule has 228 valence electrons.